The van der Waals surface area contributed by atoms with Gasteiger partial charge < -0.3 is 4.90 Å². The van der Waals surface area contributed by atoms with Crippen LogP contribution in [-0.4, -0.2) is 5.54 Å². The van der Waals surface area contributed by atoms with Gasteiger partial charge in [0.25, 0.3) is 0 Å². The Balaban J connectivity index is 2.65. The molecule has 1 heteroatoms. The first-order valence-electron chi connectivity index (χ1n) is 5.85. The van der Waals surface area contributed by atoms with E-state index in [4.69, 9.17) is 0 Å². The van der Waals surface area contributed by atoms with Crippen molar-refractivity contribution in [3.05, 3.63) is 42.1 Å². The Hall–Kier alpha value is -1.24. The fourth-order valence-electron chi connectivity index (χ4n) is 2.54. The summed E-state index contributed by atoms with van der Waals surface area (Å²) in [4.78, 5) is 2.36. The van der Waals surface area contributed by atoms with Crippen LogP contribution >= 0.6 is 0 Å². The Kier molecular flexibility index (Phi) is 2.20. The summed E-state index contributed by atoms with van der Waals surface area (Å²) in [5.74, 6) is 0. The first kappa shape index (κ1) is 11.3. The third kappa shape index (κ3) is 1.38. The second-order valence-corrected chi connectivity index (χ2v) is 6.10. The van der Waals surface area contributed by atoms with Crippen molar-refractivity contribution < 1.29 is 0 Å². The van der Waals surface area contributed by atoms with E-state index in [1.54, 1.807) is 0 Å². The quantitative estimate of drug-likeness (QED) is 0.630. The highest BCUT2D eigenvalue weighted by Crippen LogP contribution is 2.49. The molecule has 0 radical (unpaired) electrons. The molecule has 0 unspecified atom stereocenters. The van der Waals surface area contributed by atoms with E-state index in [1.165, 1.54) is 16.9 Å². The predicted octanol–water partition coefficient (Wildman–Crippen LogP) is 4.10. The molecule has 0 saturated heterocycles. The standard InChI is InChI=1S/C15H21N/c1-11-15(5,6)12-9-7-8-10-13(12)16(11)14(2,3)4/h7-10H,1H2,2-6H3. The van der Waals surface area contributed by atoms with Crippen LogP contribution in [-0.2, 0) is 5.41 Å². The first-order chi connectivity index (χ1) is 7.26. The van der Waals surface area contributed by atoms with Crippen LogP contribution in [0.1, 0.15) is 40.2 Å². The SMILES string of the molecule is C=C1N(C(C)(C)C)c2ccccc2C1(C)C. The molecule has 1 nitrogen and oxygen atoms in total. The summed E-state index contributed by atoms with van der Waals surface area (Å²) in [6.07, 6.45) is 0. The number of hydrogen-bond donors (Lipinski definition) is 0. The average molecular weight is 215 g/mol. The van der Waals surface area contributed by atoms with Crippen LogP contribution in [0.15, 0.2) is 36.5 Å². The van der Waals surface area contributed by atoms with Crippen LogP contribution in [0, 0.1) is 0 Å². The van der Waals surface area contributed by atoms with E-state index in [-0.39, 0.29) is 11.0 Å². The van der Waals surface area contributed by atoms with Gasteiger partial charge in [-0.1, -0.05) is 38.6 Å². The molecule has 1 aliphatic rings. The van der Waals surface area contributed by atoms with Gasteiger partial charge in [0, 0.05) is 22.3 Å². The Bertz CT molecular complexity index is 435. The molecule has 0 aliphatic carbocycles. The molecule has 2 rings (SSSR count). The van der Waals surface area contributed by atoms with Crippen molar-refractivity contribution in [1.82, 2.24) is 0 Å². The topological polar surface area (TPSA) is 3.24 Å². The second kappa shape index (κ2) is 3.13. The molecule has 0 bridgehead atoms. The Morgan fingerprint density at radius 3 is 2.25 bits per heavy atom. The van der Waals surface area contributed by atoms with Gasteiger partial charge in [0.2, 0.25) is 0 Å². The lowest BCUT2D eigenvalue weighted by Crippen LogP contribution is -2.40. The summed E-state index contributed by atoms with van der Waals surface area (Å²) in [7, 11) is 0. The molecular weight excluding hydrogens is 194 g/mol. The highest BCUT2D eigenvalue weighted by atomic mass is 15.2. The largest absolute Gasteiger partial charge is 0.339 e. The maximum Gasteiger partial charge on any atom is 0.0455 e. The fourth-order valence-corrected chi connectivity index (χ4v) is 2.54. The van der Waals surface area contributed by atoms with E-state index in [9.17, 15) is 0 Å². The molecule has 1 aromatic carbocycles. The fraction of sp³-hybridized carbons (Fsp3) is 0.467. The van der Waals surface area contributed by atoms with Gasteiger partial charge in [0.1, 0.15) is 0 Å². The van der Waals surface area contributed by atoms with Gasteiger partial charge in [-0.05, 0) is 32.4 Å². The smallest absolute Gasteiger partial charge is 0.0455 e. The van der Waals surface area contributed by atoms with Crippen molar-refractivity contribution in [2.24, 2.45) is 0 Å². The van der Waals surface area contributed by atoms with E-state index in [0.29, 0.717) is 0 Å². The van der Waals surface area contributed by atoms with Gasteiger partial charge in [-0.2, -0.15) is 0 Å². The summed E-state index contributed by atoms with van der Waals surface area (Å²) >= 11 is 0. The maximum atomic E-state index is 4.30. The van der Waals surface area contributed by atoms with Gasteiger partial charge in [-0.15, -0.1) is 0 Å². The van der Waals surface area contributed by atoms with E-state index in [0.717, 1.165) is 0 Å². The number of anilines is 1. The molecule has 1 heterocycles. The predicted molar refractivity (Wildman–Crippen MR) is 70.8 cm³/mol. The molecular formula is C15H21N. The van der Waals surface area contributed by atoms with E-state index < -0.39 is 0 Å². The number of rotatable bonds is 0. The summed E-state index contributed by atoms with van der Waals surface area (Å²) < 4.78 is 0. The van der Waals surface area contributed by atoms with Crippen LogP contribution in [0.2, 0.25) is 0 Å². The minimum absolute atomic E-state index is 0.0455. The Labute approximate surface area is 98.8 Å². The van der Waals surface area contributed by atoms with Crippen molar-refractivity contribution in [3.8, 4) is 0 Å². The third-order valence-corrected chi connectivity index (χ3v) is 3.48. The van der Waals surface area contributed by atoms with Gasteiger partial charge >= 0.3 is 0 Å². The number of benzene rings is 1. The molecule has 0 spiro atoms. The van der Waals surface area contributed by atoms with Gasteiger partial charge in [-0.3, -0.25) is 0 Å². The number of hydrogen-bond acceptors (Lipinski definition) is 1. The van der Waals surface area contributed by atoms with Gasteiger partial charge in [-0.25, -0.2) is 0 Å². The lowest BCUT2D eigenvalue weighted by atomic mass is 9.84. The Morgan fingerprint density at radius 2 is 1.69 bits per heavy atom. The summed E-state index contributed by atoms with van der Waals surface area (Å²) in [6.45, 7) is 15.5. The molecule has 0 N–H and O–H groups in total. The number of para-hydroxylation sites is 1. The highest BCUT2D eigenvalue weighted by molar-refractivity contribution is 5.71. The number of nitrogens with zero attached hydrogens (tertiary/aromatic N) is 1. The summed E-state index contributed by atoms with van der Waals surface area (Å²) in [5.41, 5.74) is 4.02. The molecule has 86 valence electrons. The zero-order chi connectivity index (χ0) is 12.1. The minimum Gasteiger partial charge on any atom is -0.339 e. The minimum atomic E-state index is 0.0455. The van der Waals surface area contributed by atoms with E-state index in [2.05, 4.69) is 70.4 Å². The lowest BCUT2D eigenvalue weighted by Gasteiger charge is -2.37. The van der Waals surface area contributed by atoms with Crippen LogP contribution in [0.4, 0.5) is 5.69 Å². The van der Waals surface area contributed by atoms with Crippen molar-refractivity contribution in [3.63, 3.8) is 0 Å². The molecule has 0 amide bonds. The Morgan fingerprint density at radius 1 is 1.12 bits per heavy atom. The van der Waals surface area contributed by atoms with Crippen molar-refractivity contribution in [2.75, 3.05) is 4.90 Å². The van der Waals surface area contributed by atoms with Gasteiger partial charge in [0.15, 0.2) is 0 Å². The molecule has 1 aliphatic heterocycles. The van der Waals surface area contributed by atoms with Crippen LogP contribution in [0.25, 0.3) is 0 Å². The zero-order valence-corrected chi connectivity index (χ0v) is 11.0. The van der Waals surface area contributed by atoms with Crippen molar-refractivity contribution in [2.45, 2.75) is 45.6 Å². The normalized spacial score (nSPS) is 18.8. The van der Waals surface area contributed by atoms with Crippen molar-refractivity contribution in [1.29, 1.82) is 0 Å². The molecule has 16 heavy (non-hydrogen) atoms. The lowest BCUT2D eigenvalue weighted by molar-refractivity contribution is 0.516. The monoisotopic (exact) mass is 215 g/mol. The van der Waals surface area contributed by atoms with Crippen LogP contribution in [0.5, 0.6) is 0 Å². The summed E-state index contributed by atoms with van der Waals surface area (Å²) in [5, 5.41) is 0. The first-order valence-corrected chi connectivity index (χ1v) is 5.85. The van der Waals surface area contributed by atoms with Crippen molar-refractivity contribution >= 4 is 5.69 Å². The number of allylic oxidation sites excluding steroid dienone is 1. The van der Waals surface area contributed by atoms with E-state index in [1.807, 2.05) is 0 Å². The number of fused-ring (bicyclic) bond motifs is 1. The highest BCUT2D eigenvalue weighted by Gasteiger charge is 2.42. The molecule has 0 aromatic heterocycles. The average Bonchev–Trinajstić information content (AvgIpc) is 2.35. The maximum absolute atomic E-state index is 4.30. The zero-order valence-electron chi connectivity index (χ0n) is 11.0. The van der Waals surface area contributed by atoms with E-state index >= 15 is 0 Å². The summed E-state index contributed by atoms with van der Waals surface area (Å²) in [6, 6.07) is 8.62. The van der Waals surface area contributed by atoms with Crippen LogP contribution < -0.4 is 4.90 Å². The second-order valence-electron chi connectivity index (χ2n) is 6.10. The van der Waals surface area contributed by atoms with Crippen LogP contribution in [0.3, 0.4) is 0 Å². The molecule has 0 atom stereocenters. The molecule has 0 saturated carbocycles. The third-order valence-electron chi connectivity index (χ3n) is 3.48. The molecule has 1 aromatic rings. The van der Waals surface area contributed by atoms with Gasteiger partial charge in [0.05, 0.1) is 0 Å². The molecule has 0 fully saturated rings.